The summed E-state index contributed by atoms with van der Waals surface area (Å²) in [5, 5.41) is 11.0. The third kappa shape index (κ3) is 5.77. The molecule has 1 aliphatic heterocycles. The number of likely N-dealkylation sites (N-methyl/N-ethyl adjacent to an activating group) is 1. The van der Waals surface area contributed by atoms with Crippen molar-refractivity contribution in [3.8, 4) is 5.75 Å². The average Bonchev–Trinajstić information content (AvgIpc) is 3.16. The van der Waals surface area contributed by atoms with E-state index in [4.69, 9.17) is 4.74 Å². The number of hydrogen-bond donors (Lipinski definition) is 1. The highest BCUT2D eigenvalue weighted by molar-refractivity contribution is 5.40. The van der Waals surface area contributed by atoms with E-state index in [0.717, 1.165) is 23.6 Å². The molecule has 0 saturated carbocycles. The number of halogens is 1. The minimum absolute atomic E-state index is 0.355. The number of hydrogen-bond acceptors (Lipinski definition) is 6. The highest BCUT2D eigenvalue weighted by Gasteiger charge is 2.37. The molecule has 1 saturated heterocycles. The van der Waals surface area contributed by atoms with Gasteiger partial charge in [-0.15, -0.1) is 0 Å². The van der Waals surface area contributed by atoms with Crippen molar-refractivity contribution in [2.45, 2.75) is 25.2 Å². The van der Waals surface area contributed by atoms with Crippen LogP contribution in [0.2, 0.25) is 0 Å². The first-order valence-electron chi connectivity index (χ1n) is 10.4. The van der Waals surface area contributed by atoms with Crippen LogP contribution in [0, 0.1) is 5.82 Å². The molecule has 0 aliphatic carbocycles. The topological polar surface area (TPSA) is 61.7 Å². The molecular formula is C24H27FN4O2. The summed E-state index contributed by atoms with van der Waals surface area (Å²) in [6, 6.07) is 16.8. The summed E-state index contributed by atoms with van der Waals surface area (Å²) in [5.41, 5.74) is 1.21. The molecule has 0 radical (unpaired) electrons. The second kappa shape index (κ2) is 9.41. The van der Waals surface area contributed by atoms with Crippen LogP contribution in [0.3, 0.4) is 0 Å². The van der Waals surface area contributed by atoms with Gasteiger partial charge < -0.3 is 14.7 Å². The Labute approximate surface area is 181 Å². The van der Waals surface area contributed by atoms with Crippen LogP contribution in [-0.2, 0) is 13.2 Å². The largest absolute Gasteiger partial charge is 0.487 e. The molecule has 4 rings (SSSR count). The summed E-state index contributed by atoms with van der Waals surface area (Å²) in [4.78, 5) is 12.5. The Morgan fingerprint density at radius 3 is 2.68 bits per heavy atom. The molecular weight excluding hydrogens is 395 g/mol. The summed E-state index contributed by atoms with van der Waals surface area (Å²) >= 11 is 0. The van der Waals surface area contributed by atoms with Gasteiger partial charge in [0.2, 0.25) is 0 Å². The molecule has 1 aromatic carbocycles. The molecule has 1 N–H and O–H groups in total. The van der Waals surface area contributed by atoms with Gasteiger partial charge in [-0.2, -0.15) is 0 Å². The third-order valence-corrected chi connectivity index (χ3v) is 5.42. The normalized spacial score (nSPS) is 18.5. The second-order valence-electron chi connectivity index (χ2n) is 8.16. The van der Waals surface area contributed by atoms with Crippen molar-refractivity contribution in [3.63, 3.8) is 0 Å². The highest BCUT2D eigenvalue weighted by Crippen LogP contribution is 2.26. The fraction of sp³-hybridized carbons (Fsp3) is 0.333. The fourth-order valence-corrected chi connectivity index (χ4v) is 3.94. The van der Waals surface area contributed by atoms with Crippen molar-refractivity contribution >= 4 is 5.82 Å². The number of β-amino-alcohol motifs (C(OH)–C–C–N with tert-alkyl or cyclic N) is 1. The quantitative estimate of drug-likeness (QED) is 0.601. The van der Waals surface area contributed by atoms with Crippen molar-refractivity contribution in [1.82, 2.24) is 14.9 Å². The monoisotopic (exact) mass is 422 g/mol. The first-order valence-corrected chi connectivity index (χ1v) is 10.4. The van der Waals surface area contributed by atoms with Crippen LogP contribution in [0.25, 0.3) is 0 Å². The first-order chi connectivity index (χ1) is 15.0. The van der Waals surface area contributed by atoms with Gasteiger partial charge in [0.1, 0.15) is 24.0 Å². The molecule has 3 heterocycles. The highest BCUT2D eigenvalue weighted by atomic mass is 19.1. The number of pyridine rings is 2. The third-order valence-electron chi connectivity index (χ3n) is 5.42. The lowest BCUT2D eigenvalue weighted by atomic mass is 10.0. The molecule has 1 aliphatic rings. The van der Waals surface area contributed by atoms with Gasteiger partial charge in [0.05, 0.1) is 17.5 Å². The maximum atomic E-state index is 13.1. The summed E-state index contributed by atoms with van der Waals surface area (Å²) in [6.45, 7) is 2.88. The molecule has 6 nitrogen and oxygen atoms in total. The number of rotatable bonds is 8. The fourth-order valence-electron chi connectivity index (χ4n) is 3.94. The Bertz CT molecular complexity index is 969. The van der Waals surface area contributed by atoms with Crippen molar-refractivity contribution < 1.29 is 14.2 Å². The van der Waals surface area contributed by atoms with E-state index in [1.807, 2.05) is 54.4 Å². The number of anilines is 1. The number of aromatic nitrogens is 2. The maximum Gasteiger partial charge on any atom is 0.141 e. The molecule has 0 bridgehead atoms. The molecule has 1 atom stereocenters. The van der Waals surface area contributed by atoms with Crippen molar-refractivity contribution in [2.75, 3.05) is 31.6 Å². The van der Waals surface area contributed by atoms with Crippen LogP contribution in [-0.4, -0.2) is 52.3 Å². The van der Waals surface area contributed by atoms with Gasteiger partial charge in [-0.3, -0.25) is 9.88 Å². The smallest absolute Gasteiger partial charge is 0.141 e. The zero-order chi connectivity index (χ0) is 21.7. The number of ether oxygens (including phenoxy) is 1. The average molecular weight is 423 g/mol. The van der Waals surface area contributed by atoms with Gasteiger partial charge in [-0.1, -0.05) is 18.2 Å². The number of aliphatic hydroxyl groups is 1. The Kier molecular flexibility index (Phi) is 6.44. The van der Waals surface area contributed by atoms with Gasteiger partial charge in [0, 0.05) is 32.4 Å². The zero-order valence-electron chi connectivity index (χ0n) is 17.6. The zero-order valence-corrected chi connectivity index (χ0v) is 17.6. The van der Waals surface area contributed by atoms with E-state index < -0.39 is 5.60 Å². The van der Waals surface area contributed by atoms with E-state index >= 15 is 0 Å². The van der Waals surface area contributed by atoms with Crippen LogP contribution in [0.1, 0.15) is 17.7 Å². The maximum absolute atomic E-state index is 13.1. The van der Waals surface area contributed by atoms with E-state index in [9.17, 15) is 9.50 Å². The molecule has 3 aromatic rings. The Morgan fingerprint density at radius 2 is 1.97 bits per heavy atom. The van der Waals surface area contributed by atoms with Crippen LogP contribution in [0.15, 0.2) is 67.0 Å². The summed E-state index contributed by atoms with van der Waals surface area (Å²) in [7, 11) is 2.00. The Morgan fingerprint density at radius 1 is 1.13 bits per heavy atom. The van der Waals surface area contributed by atoms with Crippen molar-refractivity contribution in [3.05, 3.63) is 84.1 Å². The van der Waals surface area contributed by atoms with E-state index in [1.54, 1.807) is 12.3 Å². The van der Waals surface area contributed by atoms with Gasteiger partial charge in [-0.05, 0) is 55.4 Å². The second-order valence-corrected chi connectivity index (χ2v) is 8.16. The molecule has 2 aromatic heterocycles. The predicted octanol–water partition coefficient (Wildman–Crippen LogP) is 3.27. The van der Waals surface area contributed by atoms with Crippen molar-refractivity contribution in [2.24, 2.45) is 0 Å². The van der Waals surface area contributed by atoms with Gasteiger partial charge in [0.25, 0.3) is 0 Å². The van der Waals surface area contributed by atoms with E-state index in [2.05, 4.69) is 14.9 Å². The van der Waals surface area contributed by atoms with Crippen LogP contribution >= 0.6 is 0 Å². The molecule has 0 spiro atoms. The SMILES string of the molecule is CN(Cc1ccc(OCc2ccccn2)cc1)C[C@]1(O)CCN(c2ccc(F)cn2)C1. The Balaban J connectivity index is 1.27. The van der Waals surface area contributed by atoms with Crippen LogP contribution < -0.4 is 9.64 Å². The summed E-state index contributed by atoms with van der Waals surface area (Å²) in [5.74, 6) is 1.14. The van der Waals surface area contributed by atoms with E-state index in [-0.39, 0.29) is 5.82 Å². The minimum Gasteiger partial charge on any atom is -0.487 e. The molecule has 162 valence electrons. The molecule has 0 amide bonds. The number of nitrogens with zero attached hydrogens (tertiary/aromatic N) is 4. The minimum atomic E-state index is -0.823. The lowest BCUT2D eigenvalue weighted by Crippen LogP contribution is -2.43. The van der Waals surface area contributed by atoms with Crippen molar-refractivity contribution in [1.29, 1.82) is 0 Å². The van der Waals surface area contributed by atoms with E-state index in [0.29, 0.717) is 38.5 Å². The summed E-state index contributed by atoms with van der Waals surface area (Å²) < 4.78 is 18.9. The molecule has 7 heteroatoms. The lowest BCUT2D eigenvalue weighted by molar-refractivity contribution is 0.0279. The van der Waals surface area contributed by atoms with Gasteiger partial charge >= 0.3 is 0 Å². The molecule has 0 unspecified atom stereocenters. The lowest BCUT2D eigenvalue weighted by Gasteiger charge is -2.29. The number of benzene rings is 1. The van der Waals surface area contributed by atoms with E-state index in [1.165, 1.54) is 12.3 Å². The predicted molar refractivity (Wildman–Crippen MR) is 117 cm³/mol. The first kappa shape index (κ1) is 21.2. The standard InChI is InChI=1S/C24H27FN4O2/c1-28(17-24(30)11-13-29(18-24)23-10-7-20(25)14-27-23)15-19-5-8-22(9-6-19)31-16-21-4-2-3-12-26-21/h2-10,12,14,30H,11,13,15-18H2,1H3/t24-/m1/s1. The summed E-state index contributed by atoms with van der Waals surface area (Å²) in [6.07, 6.45) is 3.62. The molecule has 31 heavy (non-hydrogen) atoms. The van der Waals surface area contributed by atoms with Gasteiger partial charge in [-0.25, -0.2) is 9.37 Å². The van der Waals surface area contributed by atoms with Gasteiger partial charge in [0.15, 0.2) is 0 Å². The molecule has 1 fully saturated rings. The van der Waals surface area contributed by atoms with Crippen LogP contribution in [0.4, 0.5) is 10.2 Å². The van der Waals surface area contributed by atoms with Crippen LogP contribution in [0.5, 0.6) is 5.75 Å². The Hall–Kier alpha value is -3.03.